The summed E-state index contributed by atoms with van der Waals surface area (Å²) in [7, 11) is 0. The Morgan fingerprint density at radius 3 is 2.32 bits per heavy atom. The number of ether oxygens (including phenoxy) is 2. The smallest absolute Gasteiger partial charge is 0.352 e. The van der Waals surface area contributed by atoms with Gasteiger partial charge in [0.1, 0.15) is 18.9 Å². The van der Waals surface area contributed by atoms with E-state index >= 15 is 0 Å². The van der Waals surface area contributed by atoms with Crippen molar-refractivity contribution in [1.29, 1.82) is 0 Å². The number of benzene rings is 2. The van der Waals surface area contributed by atoms with Crippen molar-refractivity contribution in [2.45, 2.75) is 12.8 Å². The van der Waals surface area contributed by atoms with Crippen LogP contribution >= 0.6 is 0 Å². The Morgan fingerprint density at radius 2 is 1.65 bits per heavy atom. The van der Waals surface area contributed by atoms with Crippen LogP contribution in [-0.2, 0) is 6.42 Å². The van der Waals surface area contributed by atoms with Crippen LogP contribution in [0.25, 0.3) is 10.9 Å². The number of amides is 1. The molecule has 2 aromatic carbocycles. The summed E-state index contributed by atoms with van der Waals surface area (Å²) in [6.45, 7) is 1.11. The van der Waals surface area contributed by atoms with Gasteiger partial charge in [-0.3, -0.25) is 4.79 Å². The van der Waals surface area contributed by atoms with Crippen LogP contribution in [0.15, 0.2) is 36.4 Å². The molecule has 0 aliphatic carbocycles. The lowest BCUT2D eigenvalue weighted by molar-refractivity contribution is 0.0681. The first-order valence-corrected chi connectivity index (χ1v) is 9.73. The lowest BCUT2D eigenvalue weighted by Gasteiger charge is -2.18. The lowest BCUT2D eigenvalue weighted by Crippen LogP contribution is -2.26. The molecule has 1 aliphatic rings. The highest BCUT2D eigenvalue weighted by Gasteiger charge is 2.21. The number of nitrogens with one attached hydrogen (secondary N) is 2. The van der Waals surface area contributed by atoms with Gasteiger partial charge >= 0.3 is 11.9 Å². The van der Waals surface area contributed by atoms with Crippen molar-refractivity contribution in [2.24, 2.45) is 0 Å². The first-order valence-electron chi connectivity index (χ1n) is 9.73. The average molecular weight is 424 g/mol. The van der Waals surface area contributed by atoms with E-state index in [2.05, 4.69) is 10.3 Å². The largest absolute Gasteiger partial charge is 0.486 e. The second-order valence-electron chi connectivity index (χ2n) is 7.04. The van der Waals surface area contributed by atoms with Crippen LogP contribution in [0.5, 0.6) is 11.5 Å². The van der Waals surface area contributed by atoms with Gasteiger partial charge in [-0.2, -0.15) is 0 Å². The summed E-state index contributed by atoms with van der Waals surface area (Å²) in [4.78, 5) is 38.3. The fourth-order valence-electron chi connectivity index (χ4n) is 3.66. The second-order valence-corrected chi connectivity index (χ2v) is 7.04. The molecule has 1 aromatic heterocycles. The second kappa shape index (κ2) is 8.39. The molecule has 0 spiro atoms. The standard InChI is InChI=1S/C22H20N2O7/c25-20(13-4-1-2-5-14(13)21(26)27)23-7-3-6-12-15-10-17-18(31-9-8-30-17)11-16(15)24-19(12)22(28)29/h1-2,4-5,10-11,24H,3,6-9H2,(H,23,25)(H,26,27)(H,28,29). The van der Waals surface area contributed by atoms with Gasteiger partial charge in [-0.15, -0.1) is 0 Å². The Balaban J connectivity index is 1.49. The average Bonchev–Trinajstić information content (AvgIpc) is 3.12. The van der Waals surface area contributed by atoms with Crippen LogP contribution < -0.4 is 14.8 Å². The zero-order valence-electron chi connectivity index (χ0n) is 16.4. The van der Waals surface area contributed by atoms with Crippen LogP contribution in [0.3, 0.4) is 0 Å². The molecule has 1 amide bonds. The van der Waals surface area contributed by atoms with Gasteiger partial charge in [-0.1, -0.05) is 12.1 Å². The Bertz CT molecular complexity index is 1180. The molecule has 2 heterocycles. The Labute approximate surface area is 176 Å². The number of aryl methyl sites for hydroxylation is 1. The molecule has 3 aromatic rings. The van der Waals surface area contributed by atoms with Crippen molar-refractivity contribution in [1.82, 2.24) is 10.3 Å². The first kappa shape index (κ1) is 20.3. The van der Waals surface area contributed by atoms with E-state index in [1.54, 1.807) is 24.3 Å². The van der Waals surface area contributed by atoms with Gasteiger partial charge in [-0.05, 0) is 36.6 Å². The first-order chi connectivity index (χ1) is 15.0. The number of aromatic carboxylic acids is 2. The van der Waals surface area contributed by atoms with E-state index < -0.39 is 17.8 Å². The van der Waals surface area contributed by atoms with Crippen molar-refractivity contribution in [2.75, 3.05) is 19.8 Å². The minimum atomic E-state index is -1.18. The number of carbonyl (C=O) groups is 3. The van der Waals surface area contributed by atoms with Crippen molar-refractivity contribution < 1.29 is 34.1 Å². The summed E-state index contributed by atoms with van der Waals surface area (Å²) in [5.41, 5.74) is 1.34. The van der Waals surface area contributed by atoms with Crippen LogP contribution in [0.2, 0.25) is 0 Å². The number of H-pyrrole nitrogens is 1. The zero-order chi connectivity index (χ0) is 22.0. The molecule has 0 saturated carbocycles. The molecular weight excluding hydrogens is 404 g/mol. The van der Waals surface area contributed by atoms with Gasteiger partial charge in [0, 0.05) is 18.0 Å². The van der Waals surface area contributed by atoms with Gasteiger partial charge in [0.25, 0.3) is 5.91 Å². The van der Waals surface area contributed by atoms with Crippen LogP contribution in [-0.4, -0.2) is 52.8 Å². The fraction of sp³-hybridized carbons (Fsp3) is 0.227. The summed E-state index contributed by atoms with van der Waals surface area (Å²) in [5.74, 6) is -1.62. The molecule has 0 atom stereocenters. The number of rotatable bonds is 7. The SMILES string of the molecule is O=C(O)c1ccccc1C(=O)NCCCc1c(C(=O)O)[nH]c2cc3c(cc12)OCCO3. The minimum absolute atomic E-state index is 0.0724. The molecule has 31 heavy (non-hydrogen) atoms. The number of aromatic nitrogens is 1. The normalized spacial score (nSPS) is 12.5. The highest BCUT2D eigenvalue weighted by atomic mass is 16.6. The predicted octanol–water partition coefficient (Wildman–Crippen LogP) is 2.70. The van der Waals surface area contributed by atoms with E-state index in [1.165, 1.54) is 12.1 Å². The Hall–Kier alpha value is -4.01. The van der Waals surface area contributed by atoms with Gasteiger partial charge in [0.2, 0.25) is 0 Å². The number of hydrogen-bond acceptors (Lipinski definition) is 5. The summed E-state index contributed by atoms with van der Waals surface area (Å²) >= 11 is 0. The number of fused-ring (bicyclic) bond motifs is 2. The van der Waals surface area contributed by atoms with Crippen molar-refractivity contribution >= 4 is 28.7 Å². The maximum Gasteiger partial charge on any atom is 0.352 e. The van der Waals surface area contributed by atoms with E-state index in [-0.39, 0.29) is 23.4 Å². The van der Waals surface area contributed by atoms with Crippen LogP contribution in [0.4, 0.5) is 0 Å². The maximum absolute atomic E-state index is 12.4. The number of hydrogen-bond donors (Lipinski definition) is 4. The topological polar surface area (TPSA) is 138 Å². The van der Waals surface area contributed by atoms with Gasteiger partial charge in [0.15, 0.2) is 11.5 Å². The maximum atomic E-state index is 12.4. The quantitative estimate of drug-likeness (QED) is 0.428. The van der Waals surface area contributed by atoms with E-state index in [9.17, 15) is 24.6 Å². The summed E-state index contributed by atoms with van der Waals surface area (Å²) < 4.78 is 11.2. The van der Waals surface area contributed by atoms with Crippen LogP contribution in [0.1, 0.15) is 43.2 Å². The molecule has 9 nitrogen and oxygen atoms in total. The summed E-state index contributed by atoms with van der Waals surface area (Å²) in [6, 6.07) is 9.46. The highest BCUT2D eigenvalue weighted by molar-refractivity contribution is 6.04. The summed E-state index contributed by atoms with van der Waals surface area (Å²) in [6.07, 6.45) is 0.852. The molecule has 0 fully saturated rings. The Morgan fingerprint density at radius 1 is 0.968 bits per heavy atom. The number of carbonyl (C=O) groups excluding carboxylic acids is 1. The highest BCUT2D eigenvalue weighted by Crippen LogP contribution is 2.37. The molecule has 0 bridgehead atoms. The third-order valence-electron chi connectivity index (χ3n) is 5.07. The predicted molar refractivity (Wildman–Crippen MR) is 110 cm³/mol. The monoisotopic (exact) mass is 424 g/mol. The van der Waals surface area contributed by atoms with Gasteiger partial charge in [-0.25, -0.2) is 9.59 Å². The molecule has 1 aliphatic heterocycles. The summed E-state index contributed by atoms with van der Waals surface area (Å²) in [5, 5.41) is 22.2. The van der Waals surface area contributed by atoms with Crippen molar-refractivity contribution in [3.63, 3.8) is 0 Å². The third-order valence-corrected chi connectivity index (χ3v) is 5.07. The third kappa shape index (κ3) is 4.02. The number of carboxylic acid groups (broad SMARTS) is 2. The van der Waals surface area contributed by atoms with E-state index in [0.29, 0.717) is 48.6 Å². The number of carboxylic acids is 2. The van der Waals surface area contributed by atoms with E-state index in [4.69, 9.17) is 9.47 Å². The van der Waals surface area contributed by atoms with Gasteiger partial charge < -0.3 is 30.0 Å². The fourth-order valence-corrected chi connectivity index (χ4v) is 3.66. The molecule has 4 N–H and O–H groups in total. The van der Waals surface area contributed by atoms with E-state index in [0.717, 1.165) is 5.39 Å². The Kier molecular flexibility index (Phi) is 5.48. The molecule has 0 saturated heterocycles. The van der Waals surface area contributed by atoms with Crippen LogP contribution in [0, 0.1) is 0 Å². The molecule has 4 rings (SSSR count). The zero-order valence-corrected chi connectivity index (χ0v) is 16.4. The van der Waals surface area contributed by atoms with E-state index in [1.807, 2.05) is 0 Å². The molecule has 160 valence electrons. The lowest BCUT2D eigenvalue weighted by atomic mass is 10.0. The van der Waals surface area contributed by atoms with Crippen molar-refractivity contribution in [3.05, 3.63) is 58.8 Å². The molecule has 9 heteroatoms. The molecular formula is C22H20N2O7. The molecule has 0 unspecified atom stereocenters. The van der Waals surface area contributed by atoms with Crippen molar-refractivity contribution in [3.8, 4) is 11.5 Å². The van der Waals surface area contributed by atoms with Gasteiger partial charge in [0.05, 0.1) is 16.6 Å². The molecule has 0 radical (unpaired) electrons. The number of aromatic amines is 1. The minimum Gasteiger partial charge on any atom is -0.486 e.